The predicted molar refractivity (Wildman–Crippen MR) is 138 cm³/mol. The highest BCUT2D eigenvalue weighted by atomic mass is 16.3. The number of anilines is 1. The summed E-state index contributed by atoms with van der Waals surface area (Å²) in [7, 11) is 0. The van der Waals surface area contributed by atoms with Crippen LogP contribution in [0, 0.1) is 11.8 Å². The number of carbonyl (C=O) groups is 1. The van der Waals surface area contributed by atoms with Gasteiger partial charge in [-0.25, -0.2) is 0 Å². The third-order valence-corrected chi connectivity index (χ3v) is 8.17. The predicted octanol–water partition coefficient (Wildman–Crippen LogP) is 3.43. The number of carbonyl (C=O) groups excluding carboxylic acids is 1. The third kappa shape index (κ3) is 5.23. The highest BCUT2D eigenvalue weighted by molar-refractivity contribution is 5.82. The maximum Gasteiger partial charge on any atom is 0.237 e. The summed E-state index contributed by atoms with van der Waals surface area (Å²) in [6, 6.07) is 13.5. The molecule has 2 aliphatic heterocycles. The fourth-order valence-corrected chi connectivity index (χ4v) is 5.48. The average molecular weight is 465 g/mol. The van der Waals surface area contributed by atoms with E-state index in [9.17, 15) is 9.90 Å². The van der Waals surface area contributed by atoms with Crippen LogP contribution in [0.1, 0.15) is 50.8 Å². The van der Waals surface area contributed by atoms with Gasteiger partial charge in [0, 0.05) is 31.4 Å². The zero-order chi connectivity index (χ0) is 24.5. The number of nitrogens with zero attached hydrogens (tertiary/aromatic N) is 1. The smallest absolute Gasteiger partial charge is 0.237 e. The van der Waals surface area contributed by atoms with E-state index in [1.54, 1.807) is 6.07 Å². The summed E-state index contributed by atoms with van der Waals surface area (Å²) in [5, 5.41) is 16.7. The van der Waals surface area contributed by atoms with Gasteiger partial charge in [-0.05, 0) is 77.6 Å². The van der Waals surface area contributed by atoms with Crippen molar-refractivity contribution >= 4 is 11.6 Å². The molecule has 0 unspecified atom stereocenters. The first-order valence-electron chi connectivity index (χ1n) is 12.6. The normalized spacial score (nSPS) is 26.1. The van der Waals surface area contributed by atoms with Gasteiger partial charge in [-0.15, -0.1) is 0 Å². The minimum atomic E-state index is -0.216. The van der Waals surface area contributed by atoms with Crippen molar-refractivity contribution < 1.29 is 9.90 Å². The maximum absolute atomic E-state index is 13.2. The Bertz CT molecular complexity index is 1020. The first-order valence-corrected chi connectivity index (χ1v) is 12.6. The van der Waals surface area contributed by atoms with Crippen molar-refractivity contribution in [3.8, 4) is 5.75 Å². The van der Waals surface area contributed by atoms with Crippen molar-refractivity contribution in [1.82, 2.24) is 15.5 Å². The highest BCUT2D eigenvalue weighted by Crippen LogP contribution is 2.40. The number of nitrogen functional groups attached to an aromatic ring is 1. The molecule has 5 N–H and O–H groups in total. The molecular weight excluding hydrogens is 424 g/mol. The summed E-state index contributed by atoms with van der Waals surface area (Å²) in [6.45, 7) is 12.4. The maximum atomic E-state index is 13.2. The van der Waals surface area contributed by atoms with E-state index in [-0.39, 0.29) is 23.4 Å². The number of phenols is 1. The number of fused-ring (bicyclic) bond motifs is 1. The summed E-state index contributed by atoms with van der Waals surface area (Å²) >= 11 is 0. The van der Waals surface area contributed by atoms with Crippen molar-refractivity contribution in [1.29, 1.82) is 0 Å². The number of aromatic hydroxyl groups is 1. The van der Waals surface area contributed by atoms with Gasteiger partial charge in [0.1, 0.15) is 5.75 Å². The molecule has 6 heteroatoms. The number of hydrogen-bond acceptors (Lipinski definition) is 5. The number of phenolic OH excluding ortho intramolecular Hbond substituents is 1. The molecule has 4 atom stereocenters. The Balaban J connectivity index is 1.36. The topological polar surface area (TPSA) is 90.6 Å². The lowest BCUT2D eigenvalue weighted by Crippen LogP contribution is -2.56. The zero-order valence-corrected chi connectivity index (χ0v) is 21.0. The summed E-state index contributed by atoms with van der Waals surface area (Å²) in [5.74, 6) is 1.19. The van der Waals surface area contributed by atoms with Crippen LogP contribution in [-0.4, -0.2) is 47.6 Å². The Morgan fingerprint density at radius 3 is 2.76 bits per heavy atom. The molecule has 0 spiro atoms. The van der Waals surface area contributed by atoms with Crippen molar-refractivity contribution in [2.45, 2.75) is 64.6 Å². The molecule has 184 valence electrons. The van der Waals surface area contributed by atoms with E-state index in [4.69, 9.17) is 5.73 Å². The van der Waals surface area contributed by atoms with Gasteiger partial charge in [0.15, 0.2) is 0 Å². The molecule has 0 saturated carbocycles. The Morgan fingerprint density at radius 1 is 1.26 bits per heavy atom. The van der Waals surface area contributed by atoms with Crippen molar-refractivity contribution in [2.75, 3.05) is 25.4 Å². The largest absolute Gasteiger partial charge is 0.508 e. The number of likely N-dealkylation sites (tertiary alicyclic amines) is 1. The van der Waals surface area contributed by atoms with Crippen LogP contribution in [0.5, 0.6) is 5.75 Å². The quantitative estimate of drug-likeness (QED) is 0.492. The second-order valence-corrected chi connectivity index (χ2v) is 10.9. The second-order valence-electron chi connectivity index (χ2n) is 10.9. The number of benzene rings is 2. The number of rotatable bonds is 6. The number of piperidine rings is 1. The molecule has 1 saturated heterocycles. The molecule has 1 amide bonds. The zero-order valence-electron chi connectivity index (χ0n) is 21.0. The van der Waals surface area contributed by atoms with Crippen molar-refractivity contribution in [3.63, 3.8) is 0 Å². The second kappa shape index (κ2) is 9.96. The van der Waals surface area contributed by atoms with Crippen molar-refractivity contribution in [3.05, 3.63) is 59.2 Å². The molecule has 2 aliphatic rings. The first kappa shape index (κ1) is 24.6. The van der Waals surface area contributed by atoms with E-state index >= 15 is 0 Å². The van der Waals surface area contributed by atoms with Crippen LogP contribution >= 0.6 is 0 Å². The monoisotopic (exact) mass is 464 g/mol. The van der Waals surface area contributed by atoms with Gasteiger partial charge in [-0.2, -0.15) is 0 Å². The molecule has 0 bridgehead atoms. The fourth-order valence-electron chi connectivity index (χ4n) is 5.48. The third-order valence-electron chi connectivity index (χ3n) is 8.17. The molecule has 4 rings (SSSR count). The lowest BCUT2D eigenvalue weighted by Gasteiger charge is -2.46. The van der Waals surface area contributed by atoms with Gasteiger partial charge in [0.05, 0.1) is 6.04 Å². The van der Waals surface area contributed by atoms with E-state index in [1.165, 1.54) is 16.7 Å². The molecule has 34 heavy (non-hydrogen) atoms. The van der Waals surface area contributed by atoms with Gasteiger partial charge in [0.25, 0.3) is 0 Å². The van der Waals surface area contributed by atoms with Gasteiger partial charge < -0.3 is 26.4 Å². The lowest BCUT2D eigenvalue weighted by atomic mass is 9.68. The van der Waals surface area contributed by atoms with E-state index in [0.29, 0.717) is 30.6 Å². The average Bonchev–Trinajstić information content (AvgIpc) is 2.80. The number of nitrogens with two attached hydrogens (primary N) is 1. The molecule has 2 heterocycles. The van der Waals surface area contributed by atoms with Crippen LogP contribution in [0.25, 0.3) is 0 Å². The van der Waals surface area contributed by atoms with Crippen LogP contribution in [0.4, 0.5) is 5.69 Å². The number of amides is 1. The van der Waals surface area contributed by atoms with E-state index in [0.717, 1.165) is 31.7 Å². The van der Waals surface area contributed by atoms with E-state index in [1.807, 2.05) is 30.3 Å². The van der Waals surface area contributed by atoms with Crippen LogP contribution < -0.4 is 16.4 Å². The summed E-state index contributed by atoms with van der Waals surface area (Å²) in [5.41, 5.74) is 10.3. The molecule has 2 aromatic rings. The van der Waals surface area contributed by atoms with Gasteiger partial charge >= 0.3 is 0 Å². The number of nitrogens with one attached hydrogen (secondary N) is 2. The van der Waals surface area contributed by atoms with Gasteiger partial charge in [0.2, 0.25) is 5.91 Å². The Kier molecular flexibility index (Phi) is 7.20. The minimum Gasteiger partial charge on any atom is -0.508 e. The lowest BCUT2D eigenvalue weighted by molar-refractivity contribution is -0.124. The van der Waals surface area contributed by atoms with Crippen molar-refractivity contribution in [2.24, 2.45) is 11.8 Å². The molecule has 6 nitrogen and oxygen atoms in total. The molecule has 2 aromatic carbocycles. The fraction of sp³-hybridized carbons (Fsp3) is 0.536. The standard InChI is InChI=1S/C28H40N4O2/c1-18(2)26(31-27(34)25-13-20-8-9-23(29)12-21(20)15-30-25)17-32-11-10-28(4,19(3)16-32)22-6-5-7-24(33)14-22/h5-9,12,14,18-19,25-26,30,33H,10-11,13,15-17,29H2,1-4H3,(H,31,34)/t19-,25+,26+,28+/m0/s1. The summed E-state index contributed by atoms with van der Waals surface area (Å²) in [6.07, 6.45) is 1.72. The van der Waals surface area contributed by atoms with E-state index in [2.05, 4.69) is 49.3 Å². The Labute approximate surface area is 203 Å². The Morgan fingerprint density at radius 2 is 2.06 bits per heavy atom. The van der Waals surface area contributed by atoms with Crippen LogP contribution in [-0.2, 0) is 23.2 Å². The van der Waals surface area contributed by atoms with Gasteiger partial charge in [-0.3, -0.25) is 4.79 Å². The molecule has 0 aromatic heterocycles. The van der Waals surface area contributed by atoms with E-state index < -0.39 is 0 Å². The molecule has 1 fully saturated rings. The molecule has 0 aliphatic carbocycles. The SMILES string of the molecule is CC(C)[C@@H](CN1CC[C@@](C)(c2cccc(O)c2)[C@@H](C)C1)NC(=O)[C@H]1Cc2ccc(N)cc2CN1. The van der Waals surface area contributed by atoms with Gasteiger partial charge in [-0.1, -0.05) is 45.9 Å². The van der Waals surface area contributed by atoms with Crippen LogP contribution in [0.15, 0.2) is 42.5 Å². The highest BCUT2D eigenvalue weighted by Gasteiger charge is 2.39. The Hall–Kier alpha value is -2.57. The van der Waals surface area contributed by atoms with Crippen LogP contribution in [0.3, 0.4) is 0 Å². The first-order chi connectivity index (χ1) is 16.2. The minimum absolute atomic E-state index is 0.0363. The molecular formula is C28H40N4O2. The van der Waals surface area contributed by atoms with Crippen LogP contribution in [0.2, 0.25) is 0 Å². The number of hydrogen-bond donors (Lipinski definition) is 4. The summed E-state index contributed by atoms with van der Waals surface area (Å²) in [4.78, 5) is 15.7. The summed E-state index contributed by atoms with van der Waals surface area (Å²) < 4.78 is 0. The molecule has 0 radical (unpaired) electrons.